The van der Waals surface area contributed by atoms with Gasteiger partial charge in [0.2, 0.25) is 16.9 Å². The summed E-state index contributed by atoms with van der Waals surface area (Å²) in [5.41, 5.74) is 4.32. The number of aromatic nitrogens is 5. The van der Waals surface area contributed by atoms with Crippen molar-refractivity contribution in [1.29, 1.82) is 0 Å². The highest BCUT2D eigenvalue weighted by Gasteiger charge is 2.19. The number of nitro groups is 1. The summed E-state index contributed by atoms with van der Waals surface area (Å²) in [4.78, 5) is 38.7. The molecule has 0 aliphatic carbocycles. The first-order valence-electron chi connectivity index (χ1n) is 9.97. The molecule has 14 nitrogen and oxygen atoms in total. The van der Waals surface area contributed by atoms with Gasteiger partial charge in [0.05, 0.1) is 23.1 Å². The molecule has 3 aromatic heterocycles. The average Bonchev–Trinajstić information content (AvgIpc) is 3.58. The van der Waals surface area contributed by atoms with Gasteiger partial charge < -0.3 is 4.42 Å². The lowest BCUT2D eigenvalue weighted by atomic mass is 10.0. The molecule has 15 heteroatoms. The second-order valence-electron chi connectivity index (χ2n) is 7.17. The predicted molar refractivity (Wildman–Crippen MR) is 124 cm³/mol. The van der Waals surface area contributed by atoms with Crippen LogP contribution in [-0.4, -0.2) is 48.3 Å². The van der Waals surface area contributed by atoms with Gasteiger partial charge in [0, 0.05) is 6.07 Å². The van der Waals surface area contributed by atoms with Gasteiger partial charge in [0.1, 0.15) is 22.9 Å². The Morgan fingerprint density at radius 2 is 2.06 bits per heavy atom. The van der Waals surface area contributed by atoms with Crippen molar-refractivity contribution in [3.63, 3.8) is 0 Å². The maximum absolute atomic E-state index is 12.1. The highest BCUT2D eigenvalue weighted by Crippen LogP contribution is 2.33. The molecule has 1 aromatic carbocycles. The Bertz CT molecular complexity index is 1420. The topological polar surface area (TPSA) is 194 Å². The van der Waals surface area contributed by atoms with Crippen molar-refractivity contribution in [2.75, 3.05) is 5.32 Å². The fourth-order valence-electron chi connectivity index (χ4n) is 2.91. The number of benzene rings is 1. The second kappa shape index (κ2) is 10.0. The average molecular weight is 495 g/mol. The summed E-state index contributed by atoms with van der Waals surface area (Å²) in [6.07, 6.45) is 2.35. The molecule has 4 rings (SSSR count). The Balaban J connectivity index is 1.34. The Labute approximate surface area is 200 Å². The molecule has 3 heterocycles. The minimum absolute atomic E-state index is 0.0158. The zero-order chi connectivity index (χ0) is 24.9. The Hall–Kier alpha value is -4.79. The van der Waals surface area contributed by atoms with E-state index >= 15 is 0 Å². The van der Waals surface area contributed by atoms with E-state index < -0.39 is 16.7 Å². The molecule has 178 valence electrons. The second-order valence-corrected chi connectivity index (χ2v) is 8.23. The van der Waals surface area contributed by atoms with Crippen molar-refractivity contribution in [3.05, 3.63) is 68.4 Å². The largest absolute Gasteiger partial charge is 0.455 e. The number of hydrazone groups is 1. The van der Waals surface area contributed by atoms with Crippen LogP contribution in [0.2, 0.25) is 0 Å². The number of carbonyl (C=O) groups is 2. The summed E-state index contributed by atoms with van der Waals surface area (Å²) < 4.78 is 5.65. The van der Waals surface area contributed by atoms with Crippen LogP contribution in [0.1, 0.15) is 32.5 Å². The van der Waals surface area contributed by atoms with Crippen LogP contribution < -0.4 is 10.7 Å². The SMILES string of the molecule is Cc1cc(-c2ccc(/C=N/NC(=O)Cc3nnc(NC(=O)c4ncn[nH]4)s3)o2)c([N+](=O)[O-])cc1C. The lowest BCUT2D eigenvalue weighted by molar-refractivity contribution is -0.384. The van der Waals surface area contributed by atoms with E-state index in [1.165, 1.54) is 18.6 Å². The van der Waals surface area contributed by atoms with E-state index in [2.05, 4.69) is 41.2 Å². The third kappa shape index (κ3) is 5.59. The standard InChI is InChI=1S/C20H17N9O5S/c1-10-5-13(14(29(32)33)6-11(10)2)15-4-3-12(34-15)8-22-25-16(30)7-17-26-28-20(35-17)24-19(31)18-21-9-23-27-18/h3-6,8-9H,7H2,1-2H3,(H,25,30)(H,21,23,27)(H,24,28,31)/b22-8+. The van der Waals surface area contributed by atoms with Crippen molar-refractivity contribution in [1.82, 2.24) is 30.8 Å². The minimum Gasteiger partial charge on any atom is -0.455 e. The van der Waals surface area contributed by atoms with Crippen molar-refractivity contribution in [2.24, 2.45) is 5.10 Å². The number of hydrogen-bond donors (Lipinski definition) is 3. The maximum atomic E-state index is 12.1. The highest BCUT2D eigenvalue weighted by molar-refractivity contribution is 7.15. The molecule has 0 saturated carbocycles. The molecule has 0 radical (unpaired) electrons. The number of aryl methyl sites for hydroxylation is 2. The van der Waals surface area contributed by atoms with Crippen LogP contribution in [0.15, 0.2) is 40.1 Å². The Kier molecular flexibility index (Phi) is 6.68. The van der Waals surface area contributed by atoms with Crippen LogP contribution in [0.3, 0.4) is 0 Å². The third-order valence-corrected chi connectivity index (χ3v) is 5.55. The molecular weight excluding hydrogens is 478 g/mol. The molecule has 0 saturated heterocycles. The first-order chi connectivity index (χ1) is 16.8. The number of nitro benzene ring substituents is 1. The van der Waals surface area contributed by atoms with Crippen molar-refractivity contribution in [2.45, 2.75) is 20.3 Å². The first kappa shape index (κ1) is 23.4. The number of nitrogens with one attached hydrogen (secondary N) is 3. The summed E-state index contributed by atoms with van der Waals surface area (Å²) in [5, 5.41) is 32.0. The number of H-pyrrole nitrogens is 1. The zero-order valence-corrected chi connectivity index (χ0v) is 19.1. The molecule has 0 unspecified atom stereocenters. The molecule has 0 fully saturated rings. The fraction of sp³-hybridized carbons (Fsp3) is 0.150. The quantitative estimate of drug-likeness (QED) is 0.187. The fourth-order valence-corrected chi connectivity index (χ4v) is 3.64. The van der Waals surface area contributed by atoms with Crippen LogP contribution in [0, 0.1) is 24.0 Å². The Morgan fingerprint density at radius 1 is 1.26 bits per heavy atom. The van der Waals surface area contributed by atoms with Gasteiger partial charge in [-0.1, -0.05) is 11.3 Å². The number of amides is 2. The molecule has 35 heavy (non-hydrogen) atoms. The number of hydrogen-bond acceptors (Lipinski definition) is 11. The summed E-state index contributed by atoms with van der Waals surface area (Å²) in [7, 11) is 0. The Morgan fingerprint density at radius 3 is 2.80 bits per heavy atom. The zero-order valence-electron chi connectivity index (χ0n) is 18.3. The predicted octanol–water partition coefficient (Wildman–Crippen LogP) is 2.39. The molecule has 0 aliphatic heterocycles. The molecule has 0 spiro atoms. The summed E-state index contributed by atoms with van der Waals surface area (Å²) in [6, 6.07) is 6.37. The van der Waals surface area contributed by atoms with Gasteiger partial charge in [0.25, 0.3) is 11.6 Å². The number of furan rings is 1. The van der Waals surface area contributed by atoms with E-state index in [0.717, 1.165) is 22.5 Å². The number of rotatable bonds is 8. The summed E-state index contributed by atoms with van der Waals surface area (Å²) in [6.45, 7) is 3.65. The molecule has 4 aromatic rings. The molecular formula is C20H17N9O5S. The number of nitrogens with zero attached hydrogens (tertiary/aromatic N) is 6. The molecule has 2 amide bonds. The monoisotopic (exact) mass is 495 g/mol. The lowest BCUT2D eigenvalue weighted by Gasteiger charge is -2.04. The van der Waals surface area contributed by atoms with Crippen LogP contribution in [0.5, 0.6) is 0 Å². The highest BCUT2D eigenvalue weighted by atomic mass is 32.1. The van der Waals surface area contributed by atoms with Gasteiger partial charge in [-0.05, 0) is 43.2 Å². The van der Waals surface area contributed by atoms with Crippen molar-refractivity contribution < 1.29 is 18.9 Å². The van der Waals surface area contributed by atoms with E-state index in [1.54, 1.807) is 25.1 Å². The van der Waals surface area contributed by atoms with Crippen LogP contribution in [-0.2, 0) is 11.2 Å². The number of anilines is 1. The normalized spacial score (nSPS) is 11.0. The molecule has 0 atom stereocenters. The van der Waals surface area contributed by atoms with Crippen LogP contribution >= 0.6 is 11.3 Å². The van der Waals surface area contributed by atoms with Crippen molar-refractivity contribution in [3.8, 4) is 11.3 Å². The van der Waals surface area contributed by atoms with Gasteiger partial charge in [-0.3, -0.25) is 30.1 Å². The van der Waals surface area contributed by atoms with Gasteiger partial charge in [-0.25, -0.2) is 10.4 Å². The van der Waals surface area contributed by atoms with E-state index in [0.29, 0.717) is 22.1 Å². The van der Waals surface area contributed by atoms with Gasteiger partial charge in [0.15, 0.2) is 0 Å². The minimum atomic E-state index is -0.539. The smallest absolute Gasteiger partial charge is 0.294 e. The van der Waals surface area contributed by atoms with E-state index in [1.807, 2.05) is 6.92 Å². The molecule has 3 N–H and O–H groups in total. The lowest BCUT2D eigenvalue weighted by Crippen LogP contribution is -2.19. The number of carbonyl (C=O) groups excluding carboxylic acids is 2. The molecule has 0 aliphatic rings. The van der Waals surface area contributed by atoms with E-state index in [-0.39, 0.29) is 23.1 Å². The number of aromatic amines is 1. The maximum Gasteiger partial charge on any atom is 0.294 e. The third-order valence-electron chi connectivity index (χ3n) is 4.71. The van der Waals surface area contributed by atoms with E-state index in [4.69, 9.17) is 4.42 Å². The summed E-state index contributed by atoms with van der Waals surface area (Å²) in [5.74, 6) is -0.394. The van der Waals surface area contributed by atoms with Gasteiger partial charge in [-0.15, -0.1) is 10.2 Å². The van der Waals surface area contributed by atoms with Gasteiger partial charge >= 0.3 is 0 Å². The van der Waals surface area contributed by atoms with Crippen LogP contribution in [0.25, 0.3) is 11.3 Å². The first-order valence-corrected chi connectivity index (χ1v) is 10.8. The van der Waals surface area contributed by atoms with E-state index in [9.17, 15) is 19.7 Å². The summed E-state index contributed by atoms with van der Waals surface area (Å²) >= 11 is 1.02. The van der Waals surface area contributed by atoms with Gasteiger partial charge in [-0.2, -0.15) is 10.2 Å². The molecule has 0 bridgehead atoms. The van der Waals surface area contributed by atoms with Crippen LogP contribution in [0.4, 0.5) is 10.8 Å². The van der Waals surface area contributed by atoms with Crippen molar-refractivity contribution >= 4 is 40.2 Å².